The number of nitrogens with one attached hydrogen (secondary N) is 1. The number of benzene rings is 1. The second-order valence-corrected chi connectivity index (χ2v) is 7.68. The third-order valence-electron chi connectivity index (χ3n) is 3.52. The van der Waals surface area contributed by atoms with E-state index in [1.807, 2.05) is 0 Å². The second kappa shape index (κ2) is 7.14. The van der Waals surface area contributed by atoms with Gasteiger partial charge in [-0.25, -0.2) is 12.7 Å². The molecule has 0 aliphatic carbocycles. The van der Waals surface area contributed by atoms with Gasteiger partial charge in [0, 0.05) is 14.1 Å². The second-order valence-electron chi connectivity index (χ2n) is 5.53. The van der Waals surface area contributed by atoms with Crippen LogP contribution in [0.15, 0.2) is 45.9 Å². The highest BCUT2D eigenvalue weighted by Crippen LogP contribution is 2.18. The fourth-order valence-corrected chi connectivity index (χ4v) is 3.04. The number of amides is 1. The molecule has 26 heavy (non-hydrogen) atoms. The minimum Gasteiger partial charge on any atom is -0.467 e. The Labute approximate surface area is 149 Å². The Morgan fingerprint density at radius 2 is 2.15 bits per heavy atom. The number of carbonyl (C=O) groups excluding carboxylic acids is 1. The molecular weight excluding hydrogens is 362 g/mol. The highest BCUT2D eigenvalue weighted by Gasteiger charge is 2.19. The molecule has 11 heteroatoms. The molecule has 0 fully saturated rings. The normalized spacial score (nSPS) is 11.8. The van der Waals surface area contributed by atoms with Gasteiger partial charge in [0.2, 0.25) is 10.0 Å². The summed E-state index contributed by atoms with van der Waals surface area (Å²) in [7, 11) is -0.730. The van der Waals surface area contributed by atoms with Crippen LogP contribution < -0.4 is 10.2 Å². The van der Waals surface area contributed by atoms with Gasteiger partial charge in [-0.15, -0.1) is 5.10 Å². The topological polar surface area (TPSA) is 120 Å². The van der Waals surface area contributed by atoms with Crippen LogP contribution in [0.2, 0.25) is 0 Å². The average molecular weight is 379 g/mol. The van der Waals surface area contributed by atoms with Crippen LogP contribution in [0, 0.1) is 0 Å². The van der Waals surface area contributed by atoms with Crippen molar-refractivity contribution in [3.63, 3.8) is 0 Å². The lowest BCUT2D eigenvalue weighted by Gasteiger charge is -2.11. The van der Waals surface area contributed by atoms with Crippen LogP contribution in [-0.2, 0) is 21.4 Å². The molecule has 0 aliphatic heterocycles. The first kappa shape index (κ1) is 17.9. The summed E-state index contributed by atoms with van der Waals surface area (Å²) < 4.78 is 30.7. The van der Waals surface area contributed by atoms with Crippen molar-refractivity contribution < 1.29 is 22.5 Å². The predicted octanol–water partition coefficient (Wildman–Crippen LogP) is 0.0196. The Bertz CT molecular complexity index is 1010. The molecule has 0 aliphatic rings. The van der Waals surface area contributed by atoms with Gasteiger partial charge in [-0.3, -0.25) is 4.79 Å². The molecule has 0 spiro atoms. The average Bonchev–Trinajstić information content (AvgIpc) is 3.27. The number of hydrogen-bond acceptors (Lipinski definition) is 7. The van der Waals surface area contributed by atoms with E-state index in [4.69, 9.17) is 9.25 Å². The summed E-state index contributed by atoms with van der Waals surface area (Å²) in [6.45, 7) is -0.0810. The Kier molecular flexibility index (Phi) is 4.91. The van der Waals surface area contributed by atoms with Crippen LogP contribution in [0.1, 0.15) is 5.76 Å². The summed E-state index contributed by atoms with van der Waals surface area (Å²) >= 11 is 0. The zero-order valence-corrected chi connectivity index (χ0v) is 14.9. The van der Waals surface area contributed by atoms with Crippen molar-refractivity contribution in [1.82, 2.24) is 24.8 Å². The predicted molar refractivity (Wildman–Crippen MR) is 90.4 cm³/mol. The van der Waals surface area contributed by atoms with E-state index >= 15 is 0 Å². The van der Waals surface area contributed by atoms with E-state index in [1.54, 1.807) is 12.1 Å². The third kappa shape index (κ3) is 3.68. The highest BCUT2D eigenvalue weighted by atomic mass is 32.2. The number of rotatable bonds is 7. The molecule has 0 saturated carbocycles. The molecule has 2 heterocycles. The van der Waals surface area contributed by atoms with Gasteiger partial charge in [0.25, 0.3) is 5.91 Å². The number of nitrogens with zero attached hydrogens (tertiary/aromatic N) is 4. The Morgan fingerprint density at radius 1 is 1.35 bits per heavy atom. The summed E-state index contributed by atoms with van der Waals surface area (Å²) in [5, 5.41) is 10.3. The Morgan fingerprint density at radius 3 is 2.85 bits per heavy atom. The number of aromatic nitrogens is 3. The first-order valence-electron chi connectivity index (χ1n) is 7.58. The van der Waals surface area contributed by atoms with E-state index in [0.717, 1.165) is 9.15 Å². The molecule has 1 aromatic carbocycles. The van der Waals surface area contributed by atoms with E-state index in [1.165, 1.54) is 38.6 Å². The lowest BCUT2D eigenvalue weighted by Crippen LogP contribution is -2.31. The van der Waals surface area contributed by atoms with Gasteiger partial charge in [0.1, 0.15) is 16.8 Å². The molecule has 0 radical (unpaired) electrons. The fraction of sp³-hybridized carbons (Fsp3) is 0.267. The zero-order chi connectivity index (χ0) is 18.7. The number of fused-ring (bicyclic) bond motifs is 1. The maximum absolute atomic E-state index is 12.2. The Hall–Kier alpha value is -2.92. The van der Waals surface area contributed by atoms with Gasteiger partial charge in [0.15, 0.2) is 6.61 Å². The summed E-state index contributed by atoms with van der Waals surface area (Å²) in [6, 6.07) is 7.81. The van der Waals surface area contributed by atoms with Crippen LogP contribution in [0.3, 0.4) is 0 Å². The lowest BCUT2D eigenvalue weighted by molar-refractivity contribution is -0.126. The van der Waals surface area contributed by atoms with E-state index in [9.17, 15) is 13.2 Å². The molecule has 1 N–H and O–H groups in total. The molecule has 138 valence electrons. The number of furan rings is 1. The van der Waals surface area contributed by atoms with Crippen LogP contribution in [0.25, 0.3) is 11.0 Å². The standard InChI is InChI=1S/C15H17N5O5S/c1-19(2)26(22,23)12-5-6-13-14(8-12)20(18-17-13)25-10-15(21)16-9-11-4-3-7-24-11/h3-8H,9-10H2,1-2H3,(H,16,21). The van der Waals surface area contributed by atoms with Crippen molar-refractivity contribution in [2.24, 2.45) is 0 Å². The molecule has 10 nitrogen and oxygen atoms in total. The van der Waals surface area contributed by atoms with Gasteiger partial charge >= 0.3 is 0 Å². The van der Waals surface area contributed by atoms with Crippen LogP contribution in [0.4, 0.5) is 0 Å². The van der Waals surface area contributed by atoms with Crippen LogP contribution >= 0.6 is 0 Å². The summed E-state index contributed by atoms with van der Waals surface area (Å²) in [5.41, 5.74) is 0.783. The molecule has 3 aromatic rings. The van der Waals surface area contributed by atoms with Crippen molar-refractivity contribution in [3.8, 4) is 0 Å². The van der Waals surface area contributed by atoms with Crippen molar-refractivity contribution in [2.45, 2.75) is 11.4 Å². The van der Waals surface area contributed by atoms with Gasteiger partial charge in [-0.05, 0) is 35.5 Å². The molecule has 0 atom stereocenters. The fourth-order valence-electron chi connectivity index (χ4n) is 2.11. The summed E-state index contributed by atoms with van der Waals surface area (Å²) in [6.07, 6.45) is 1.51. The van der Waals surface area contributed by atoms with Gasteiger partial charge in [-0.2, -0.15) is 0 Å². The molecule has 0 bridgehead atoms. The Balaban J connectivity index is 1.71. The SMILES string of the molecule is CN(C)S(=O)(=O)c1ccc2nnn(OCC(=O)NCc3ccco3)c2c1. The minimum atomic E-state index is -3.61. The van der Waals surface area contributed by atoms with E-state index in [2.05, 4.69) is 15.6 Å². The first-order chi connectivity index (χ1) is 12.4. The molecule has 3 rings (SSSR count). The molecular formula is C15H17N5O5S. The molecule has 1 amide bonds. The monoisotopic (exact) mass is 379 g/mol. The highest BCUT2D eigenvalue weighted by molar-refractivity contribution is 7.89. The van der Waals surface area contributed by atoms with Crippen molar-refractivity contribution >= 4 is 27.0 Å². The van der Waals surface area contributed by atoms with Gasteiger partial charge in [0.05, 0.1) is 17.7 Å². The first-order valence-corrected chi connectivity index (χ1v) is 9.02. The zero-order valence-electron chi connectivity index (χ0n) is 14.1. The molecule has 0 unspecified atom stereocenters. The van der Waals surface area contributed by atoms with Gasteiger partial charge < -0.3 is 14.6 Å². The van der Waals surface area contributed by atoms with Crippen molar-refractivity contribution in [2.75, 3.05) is 20.7 Å². The van der Waals surface area contributed by atoms with E-state index in [0.29, 0.717) is 16.8 Å². The maximum atomic E-state index is 12.2. The number of hydrogen-bond donors (Lipinski definition) is 1. The van der Waals surface area contributed by atoms with Crippen LogP contribution in [-0.4, -0.2) is 54.5 Å². The van der Waals surface area contributed by atoms with Crippen molar-refractivity contribution in [1.29, 1.82) is 0 Å². The molecule has 2 aromatic heterocycles. The number of carbonyl (C=O) groups is 1. The molecule has 0 saturated heterocycles. The largest absolute Gasteiger partial charge is 0.467 e. The van der Waals surface area contributed by atoms with Crippen molar-refractivity contribution in [3.05, 3.63) is 42.4 Å². The summed E-state index contributed by atoms with van der Waals surface area (Å²) in [5.74, 6) is 0.227. The third-order valence-corrected chi connectivity index (χ3v) is 5.33. The summed E-state index contributed by atoms with van der Waals surface area (Å²) in [4.78, 5) is 18.3. The quantitative estimate of drug-likeness (QED) is 0.614. The van der Waals surface area contributed by atoms with E-state index in [-0.39, 0.29) is 24.0 Å². The van der Waals surface area contributed by atoms with Crippen LogP contribution in [0.5, 0.6) is 0 Å². The van der Waals surface area contributed by atoms with Gasteiger partial charge in [-0.1, -0.05) is 4.85 Å². The number of sulfonamides is 1. The smallest absolute Gasteiger partial charge is 0.261 e. The van der Waals surface area contributed by atoms with E-state index < -0.39 is 10.0 Å². The maximum Gasteiger partial charge on any atom is 0.261 e. The lowest BCUT2D eigenvalue weighted by atomic mass is 10.3. The minimum absolute atomic E-state index is 0.0735.